The third kappa shape index (κ3) is 1.74. The number of halogens is 2. The Bertz CT molecular complexity index is 552. The molecule has 2 aromatic rings. The van der Waals surface area contributed by atoms with E-state index >= 15 is 0 Å². The maximum absolute atomic E-state index is 13.4. The number of carbonyl (C=O) groups excluding carboxylic acids is 1. The van der Waals surface area contributed by atoms with Crippen LogP contribution in [0.2, 0.25) is 0 Å². The molecule has 0 aliphatic carbocycles. The lowest BCUT2D eigenvalue weighted by atomic mass is 10.3. The zero-order valence-electron chi connectivity index (χ0n) is 8.28. The van der Waals surface area contributed by atoms with Crippen LogP contribution < -0.4 is 5.73 Å². The van der Waals surface area contributed by atoms with Crippen LogP contribution in [0.1, 0.15) is 5.82 Å². The fourth-order valence-electron chi connectivity index (χ4n) is 1.60. The van der Waals surface area contributed by atoms with Gasteiger partial charge in [0.05, 0.1) is 11.4 Å². The van der Waals surface area contributed by atoms with E-state index in [0.29, 0.717) is 11.3 Å². The van der Waals surface area contributed by atoms with Crippen LogP contribution in [0, 0.1) is 5.82 Å². The van der Waals surface area contributed by atoms with Crippen LogP contribution in [0.25, 0.3) is 11.0 Å². The maximum Gasteiger partial charge on any atom is 0.237 e. The van der Waals surface area contributed by atoms with Crippen molar-refractivity contribution in [3.63, 3.8) is 0 Å². The largest absolute Gasteiger partial charge is 0.368 e. The van der Waals surface area contributed by atoms with Crippen LogP contribution >= 0.6 is 11.6 Å². The molecule has 0 bridgehead atoms. The van der Waals surface area contributed by atoms with Crippen LogP contribution in [-0.2, 0) is 17.2 Å². The van der Waals surface area contributed by atoms with Crippen molar-refractivity contribution >= 4 is 28.5 Å². The van der Waals surface area contributed by atoms with Gasteiger partial charge in [0.1, 0.15) is 17.9 Å². The van der Waals surface area contributed by atoms with Gasteiger partial charge in [0.25, 0.3) is 0 Å². The van der Waals surface area contributed by atoms with Crippen molar-refractivity contribution in [1.82, 2.24) is 9.55 Å². The second-order valence-electron chi connectivity index (χ2n) is 3.32. The summed E-state index contributed by atoms with van der Waals surface area (Å²) in [7, 11) is 0. The summed E-state index contributed by atoms with van der Waals surface area (Å²) in [5, 5.41) is 0. The molecule has 0 fully saturated rings. The molecule has 16 heavy (non-hydrogen) atoms. The molecular weight excluding hydrogens is 233 g/mol. The molecule has 0 radical (unpaired) electrons. The second kappa shape index (κ2) is 4.09. The summed E-state index contributed by atoms with van der Waals surface area (Å²) in [5.74, 6) is -0.427. The van der Waals surface area contributed by atoms with E-state index in [1.807, 2.05) is 0 Å². The normalized spacial score (nSPS) is 10.9. The van der Waals surface area contributed by atoms with Crippen LogP contribution in [0.5, 0.6) is 0 Å². The Labute approximate surface area is 95.8 Å². The highest BCUT2D eigenvalue weighted by molar-refractivity contribution is 6.16. The number of para-hydroxylation sites is 1. The van der Waals surface area contributed by atoms with Crippen molar-refractivity contribution in [3.8, 4) is 0 Å². The van der Waals surface area contributed by atoms with Crippen LogP contribution in [0.3, 0.4) is 0 Å². The highest BCUT2D eigenvalue weighted by Crippen LogP contribution is 2.19. The van der Waals surface area contributed by atoms with E-state index in [1.54, 1.807) is 12.1 Å². The summed E-state index contributed by atoms with van der Waals surface area (Å²) >= 11 is 5.68. The lowest BCUT2D eigenvalue weighted by Gasteiger charge is -2.03. The number of amides is 1. The smallest absolute Gasteiger partial charge is 0.237 e. The quantitative estimate of drug-likeness (QED) is 0.826. The minimum atomic E-state index is -0.519. The molecule has 0 saturated carbocycles. The number of nitrogens with two attached hydrogens (primary N) is 1. The second-order valence-corrected chi connectivity index (χ2v) is 3.59. The van der Waals surface area contributed by atoms with Crippen molar-refractivity contribution < 1.29 is 9.18 Å². The molecule has 6 heteroatoms. The molecule has 84 valence electrons. The molecule has 1 amide bonds. The summed E-state index contributed by atoms with van der Waals surface area (Å²) in [6.45, 7) is -0.0536. The predicted octanol–water partition coefficient (Wildman–Crippen LogP) is 1.40. The van der Waals surface area contributed by atoms with Gasteiger partial charge in [0.15, 0.2) is 5.82 Å². The molecule has 0 unspecified atom stereocenters. The van der Waals surface area contributed by atoms with Crippen molar-refractivity contribution in [3.05, 3.63) is 29.8 Å². The summed E-state index contributed by atoms with van der Waals surface area (Å²) in [6.07, 6.45) is 0. The fourth-order valence-corrected chi connectivity index (χ4v) is 1.80. The molecule has 2 N–H and O–H groups in total. The van der Waals surface area contributed by atoms with E-state index in [-0.39, 0.29) is 17.9 Å². The molecule has 0 aliphatic rings. The van der Waals surface area contributed by atoms with Gasteiger partial charge in [-0.25, -0.2) is 9.37 Å². The number of benzene rings is 1. The number of carbonyl (C=O) groups is 1. The molecule has 1 heterocycles. The number of hydrogen-bond donors (Lipinski definition) is 1. The number of primary amides is 1. The Morgan fingerprint density at radius 2 is 2.31 bits per heavy atom. The number of alkyl halides is 1. The Hall–Kier alpha value is -1.62. The molecule has 0 spiro atoms. The molecule has 4 nitrogen and oxygen atoms in total. The first kappa shape index (κ1) is 10.9. The third-order valence-electron chi connectivity index (χ3n) is 2.24. The number of imidazole rings is 1. The first-order valence-electron chi connectivity index (χ1n) is 4.61. The van der Waals surface area contributed by atoms with Gasteiger partial charge >= 0.3 is 0 Å². The standard InChI is InChI=1S/C10H9ClFN3O/c11-4-9-14-10-6(12)2-1-3-7(10)15(9)5-8(13)16/h1-3H,4-5H2,(H2,13,16). The number of rotatable bonds is 3. The van der Waals surface area contributed by atoms with Crippen molar-refractivity contribution in [2.24, 2.45) is 5.73 Å². The van der Waals surface area contributed by atoms with Crippen molar-refractivity contribution in [2.75, 3.05) is 0 Å². The third-order valence-corrected chi connectivity index (χ3v) is 2.48. The highest BCUT2D eigenvalue weighted by atomic mass is 35.5. The number of fused-ring (bicyclic) bond motifs is 1. The monoisotopic (exact) mass is 241 g/mol. The number of aromatic nitrogens is 2. The molecule has 1 aromatic heterocycles. The van der Waals surface area contributed by atoms with Crippen LogP contribution in [0.15, 0.2) is 18.2 Å². The molecule has 0 aliphatic heterocycles. The van der Waals surface area contributed by atoms with E-state index in [1.165, 1.54) is 10.6 Å². The van der Waals surface area contributed by atoms with Gasteiger partial charge in [-0.3, -0.25) is 4.79 Å². The SMILES string of the molecule is NC(=O)Cn1c(CCl)nc2c(F)cccc21. The zero-order chi connectivity index (χ0) is 11.7. The van der Waals surface area contributed by atoms with Gasteiger partial charge in [-0.15, -0.1) is 11.6 Å². The molecular formula is C10H9ClFN3O. The van der Waals surface area contributed by atoms with Crippen molar-refractivity contribution in [2.45, 2.75) is 12.4 Å². The molecule has 0 atom stereocenters. The molecule has 2 rings (SSSR count). The van der Waals surface area contributed by atoms with E-state index in [4.69, 9.17) is 17.3 Å². The van der Waals surface area contributed by atoms with E-state index in [9.17, 15) is 9.18 Å². The van der Waals surface area contributed by atoms with Crippen LogP contribution in [0.4, 0.5) is 4.39 Å². The summed E-state index contributed by atoms with van der Waals surface area (Å²) in [4.78, 5) is 14.9. The first-order chi connectivity index (χ1) is 7.63. The van der Waals surface area contributed by atoms with Crippen molar-refractivity contribution in [1.29, 1.82) is 0 Å². The van der Waals surface area contributed by atoms with E-state index < -0.39 is 11.7 Å². The first-order valence-corrected chi connectivity index (χ1v) is 5.15. The Balaban J connectivity index is 2.68. The van der Waals surface area contributed by atoms with Gasteiger partial charge in [-0.05, 0) is 12.1 Å². The topological polar surface area (TPSA) is 60.9 Å². The minimum Gasteiger partial charge on any atom is -0.368 e. The Morgan fingerprint density at radius 3 is 2.94 bits per heavy atom. The Morgan fingerprint density at radius 1 is 1.56 bits per heavy atom. The summed E-state index contributed by atoms with van der Waals surface area (Å²) in [6, 6.07) is 4.53. The van der Waals surface area contributed by atoms with Gasteiger partial charge in [-0.2, -0.15) is 0 Å². The lowest BCUT2D eigenvalue weighted by molar-refractivity contribution is -0.118. The number of hydrogen-bond acceptors (Lipinski definition) is 2. The number of nitrogens with zero attached hydrogens (tertiary/aromatic N) is 2. The predicted molar refractivity (Wildman–Crippen MR) is 58.4 cm³/mol. The molecule has 0 saturated heterocycles. The average Bonchev–Trinajstić information content (AvgIpc) is 2.58. The van der Waals surface area contributed by atoms with E-state index in [2.05, 4.69) is 4.98 Å². The highest BCUT2D eigenvalue weighted by Gasteiger charge is 2.13. The summed E-state index contributed by atoms with van der Waals surface area (Å²) in [5.41, 5.74) is 5.84. The van der Waals surface area contributed by atoms with Gasteiger partial charge in [0.2, 0.25) is 5.91 Å². The van der Waals surface area contributed by atoms with Gasteiger partial charge < -0.3 is 10.3 Å². The van der Waals surface area contributed by atoms with E-state index in [0.717, 1.165) is 0 Å². The summed E-state index contributed by atoms with van der Waals surface area (Å²) < 4.78 is 14.9. The van der Waals surface area contributed by atoms with Crippen LogP contribution in [-0.4, -0.2) is 15.5 Å². The Kier molecular flexibility index (Phi) is 2.78. The van der Waals surface area contributed by atoms with Gasteiger partial charge in [-0.1, -0.05) is 6.07 Å². The maximum atomic E-state index is 13.4. The lowest BCUT2D eigenvalue weighted by Crippen LogP contribution is -2.19. The average molecular weight is 242 g/mol. The minimum absolute atomic E-state index is 0.0536. The zero-order valence-corrected chi connectivity index (χ0v) is 9.04. The molecule has 1 aromatic carbocycles. The van der Waals surface area contributed by atoms with Gasteiger partial charge in [0, 0.05) is 0 Å². The fraction of sp³-hybridized carbons (Fsp3) is 0.200.